The summed E-state index contributed by atoms with van der Waals surface area (Å²) < 4.78 is 0. The van der Waals surface area contributed by atoms with E-state index < -0.39 is 11.1 Å². The van der Waals surface area contributed by atoms with Crippen molar-refractivity contribution in [2.45, 2.75) is 65.5 Å². The van der Waals surface area contributed by atoms with E-state index in [-0.39, 0.29) is 36.5 Å². The van der Waals surface area contributed by atoms with Gasteiger partial charge < -0.3 is 0 Å². The molecule has 2 fully saturated rings. The van der Waals surface area contributed by atoms with Gasteiger partial charge in [0.15, 0.2) is 0 Å². The van der Waals surface area contributed by atoms with Crippen molar-refractivity contribution in [3.8, 4) is 0 Å². The molecule has 36 heavy (non-hydrogen) atoms. The highest BCUT2D eigenvalue weighted by molar-refractivity contribution is 6.16. The van der Waals surface area contributed by atoms with E-state index in [1.54, 1.807) is 12.2 Å². The van der Waals surface area contributed by atoms with E-state index in [0.717, 1.165) is 11.1 Å². The second-order valence-electron chi connectivity index (χ2n) is 10.9. The zero-order valence-electron chi connectivity index (χ0n) is 21.9. The lowest BCUT2D eigenvalue weighted by molar-refractivity contribution is -0.144. The van der Waals surface area contributed by atoms with Crippen molar-refractivity contribution in [2.75, 3.05) is 0 Å². The summed E-state index contributed by atoms with van der Waals surface area (Å²) in [4.78, 5) is 50.9. The topological polar surface area (TPSA) is 74.8 Å². The van der Waals surface area contributed by atoms with Gasteiger partial charge in [0.1, 0.15) is 0 Å². The molecular formula is C30H34N2O4. The van der Waals surface area contributed by atoms with Gasteiger partial charge in [-0.15, -0.1) is 0 Å². The van der Waals surface area contributed by atoms with E-state index in [1.807, 2.05) is 102 Å². The third kappa shape index (κ3) is 6.25. The molecule has 0 atom stereocenters. The van der Waals surface area contributed by atoms with E-state index >= 15 is 0 Å². The molecule has 2 aliphatic rings. The van der Waals surface area contributed by atoms with Crippen LogP contribution in [0.5, 0.6) is 0 Å². The van der Waals surface area contributed by atoms with Crippen LogP contribution >= 0.6 is 0 Å². The van der Waals surface area contributed by atoms with Gasteiger partial charge in [0.25, 0.3) is 11.8 Å². The van der Waals surface area contributed by atoms with Crippen LogP contribution in [0.4, 0.5) is 0 Å². The molecule has 0 saturated carbocycles. The second kappa shape index (κ2) is 10.4. The summed E-state index contributed by atoms with van der Waals surface area (Å²) >= 11 is 0. The van der Waals surface area contributed by atoms with Crippen LogP contribution in [0, 0.1) is 0 Å². The first-order valence-electron chi connectivity index (χ1n) is 12.0. The van der Waals surface area contributed by atoms with Crippen molar-refractivity contribution >= 4 is 35.8 Å². The minimum absolute atomic E-state index is 0.116. The number of likely N-dealkylation sites (tertiary alicyclic amines) is 2. The number of carbonyl (C=O) groups excluding carboxylic acids is 4. The number of carbonyl (C=O) groups is 4. The highest BCUT2D eigenvalue weighted by atomic mass is 16.2. The van der Waals surface area contributed by atoms with Crippen LogP contribution in [0.15, 0.2) is 71.8 Å². The molecule has 0 unspecified atom stereocenters. The average Bonchev–Trinajstić information content (AvgIpc) is 3.23. The zero-order chi connectivity index (χ0) is 26.7. The molecule has 2 saturated heterocycles. The predicted octanol–water partition coefficient (Wildman–Crippen LogP) is 5.25. The van der Waals surface area contributed by atoms with Gasteiger partial charge in [0.2, 0.25) is 11.8 Å². The Hall–Kier alpha value is -3.80. The molecule has 2 aromatic rings. The number of nitrogens with zero attached hydrogens (tertiary/aromatic N) is 2. The van der Waals surface area contributed by atoms with Crippen LogP contribution in [-0.2, 0) is 19.2 Å². The summed E-state index contributed by atoms with van der Waals surface area (Å²) in [5.74, 6) is -0.572. The summed E-state index contributed by atoms with van der Waals surface area (Å²) in [6, 6.07) is 19.2. The van der Waals surface area contributed by atoms with Crippen LogP contribution in [-0.4, -0.2) is 44.5 Å². The molecule has 2 aliphatic heterocycles. The Balaban J connectivity index is 0.000000201. The van der Waals surface area contributed by atoms with Gasteiger partial charge in [-0.2, -0.15) is 0 Å². The molecule has 0 spiro atoms. The molecule has 4 rings (SSSR count). The van der Waals surface area contributed by atoms with Crippen LogP contribution < -0.4 is 0 Å². The fraction of sp³-hybridized carbons (Fsp3) is 0.333. The SMILES string of the molecule is CC(C)(C)N1C(=O)C/C(=C\c2ccccc2)C1=O.CC(C)(C)N1C(=O)C/C(=C\c2ccccc2)C1=O. The Morgan fingerprint density at radius 2 is 0.861 bits per heavy atom. The van der Waals surface area contributed by atoms with Crippen LogP contribution in [0.2, 0.25) is 0 Å². The molecule has 6 heteroatoms. The lowest BCUT2D eigenvalue weighted by Gasteiger charge is -2.29. The molecule has 0 aliphatic carbocycles. The van der Waals surface area contributed by atoms with Gasteiger partial charge in [0.05, 0.1) is 12.8 Å². The lowest BCUT2D eigenvalue weighted by Crippen LogP contribution is -2.44. The van der Waals surface area contributed by atoms with Crippen molar-refractivity contribution in [2.24, 2.45) is 0 Å². The van der Waals surface area contributed by atoms with Gasteiger partial charge in [-0.25, -0.2) is 0 Å². The maximum absolute atomic E-state index is 12.2. The largest absolute Gasteiger partial charge is 0.274 e. The maximum atomic E-state index is 12.2. The van der Waals surface area contributed by atoms with Gasteiger partial charge in [-0.1, -0.05) is 60.7 Å². The van der Waals surface area contributed by atoms with Crippen LogP contribution in [0.3, 0.4) is 0 Å². The fourth-order valence-electron chi connectivity index (χ4n) is 4.23. The zero-order valence-corrected chi connectivity index (χ0v) is 21.9. The summed E-state index contributed by atoms with van der Waals surface area (Å²) in [6.07, 6.45) is 3.99. The number of hydrogen-bond donors (Lipinski definition) is 0. The fourth-order valence-corrected chi connectivity index (χ4v) is 4.23. The lowest BCUT2D eigenvalue weighted by atomic mass is 10.1. The molecular weight excluding hydrogens is 452 g/mol. The number of benzene rings is 2. The second-order valence-corrected chi connectivity index (χ2v) is 10.9. The highest BCUT2D eigenvalue weighted by Crippen LogP contribution is 2.29. The molecule has 2 aromatic carbocycles. The molecule has 0 N–H and O–H groups in total. The summed E-state index contributed by atoms with van der Waals surface area (Å²) in [6.45, 7) is 11.2. The number of amides is 4. The first-order chi connectivity index (χ1) is 16.8. The Kier molecular flexibility index (Phi) is 7.77. The summed E-state index contributed by atoms with van der Waals surface area (Å²) in [7, 11) is 0. The first-order valence-corrected chi connectivity index (χ1v) is 12.0. The van der Waals surface area contributed by atoms with Crippen LogP contribution in [0.25, 0.3) is 12.2 Å². The minimum Gasteiger partial charge on any atom is -0.274 e. The smallest absolute Gasteiger partial charge is 0.257 e. The molecule has 0 bridgehead atoms. The number of hydrogen-bond acceptors (Lipinski definition) is 4. The maximum Gasteiger partial charge on any atom is 0.257 e. The van der Waals surface area contributed by atoms with Crippen molar-refractivity contribution < 1.29 is 19.2 Å². The van der Waals surface area contributed by atoms with Gasteiger partial charge in [0, 0.05) is 22.2 Å². The van der Waals surface area contributed by atoms with Gasteiger partial charge in [-0.05, 0) is 64.8 Å². The van der Waals surface area contributed by atoms with Gasteiger partial charge >= 0.3 is 0 Å². The van der Waals surface area contributed by atoms with Crippen LogP contribution in [0.1, 0.15) is 65.5 Å². The molecule has 2 heterocycles. The summed E-state index contributed by atoms with van der Waals surface area (Å²) in [5, 5.41) is 0. The molecule has 188 valence electrons. The van der Waals surface area contributed by atoms with Crippen molar-refractivity contribution in [1.29, 1.82) is 0 Å². The molecule has 0 aromatic heterocycles. The standard InChI is InChI=1S/2C15H17NO2/c2*1-15(2,3)16-13(17)10-12(14(16)18)9-11-7-5-4-6-8-11/h2*4-9H,10H2,1-3H3/b2*12-9+. The monoisotopic (exact) mass is 486 g/mol. The highest BCUT2D eigenvalue weighted by Gasteiger charge is 2.41. The van der Waals surface area contributed by atoms with E-state index in [9.17, 15) is 19.2 Å². The number of rotatable bonds is 2. The Bertz CT molecular complexity index is 1120. The van der Waals surface area contributed by atoms with E-state index in [1.165, 1.54) is 9.80 Å². The minimum atomic E-state index is -0.458. The third-order valence-corrected chi connectivity index (χ3v) is 5.76. The Labute approximate surface area is 213 Å². The average molecular weight is 487 g/mol. The quantitative estimate of drug-likeness (QED) is 0.429. The van der Waals surface area contributed by atoms with E-state index in [4.69, 9.17) is 0 Å². The van der Waals surface area contributed by atoms with Gasteiger partial charge in [-0.3, -0.25) is 29.0 Å². The van der Waals surface area contributed by atoms with E-state index in [0.29, 0.717) is 11.1 Å². The van der Waals surface area contributed by atoms with E-state index in [2.05, 4.69) is 0 Å². The molecule has 6 nitrogen and oxygen atoms in total. The van der Waals surface area contributed by atoms with Crippen molar-refractivity contribution in [3.05, 3.63) is 82.9 Å². The predicted molar refractivity (Wildman–Crippen MR) is 141 cm³/mol. The molecule has 4 amide bonds. The normalized spacial score (nSPS) is 18.8. The number of imide groups is 2. The summed E-state index contributed by atoms with van der Waals surface area (Å²) in [5.41, 5.74) is 2.12. The Morgan fingerprint density at radius 1 is 0.556 bits per heavy atom. The third-order valence-electron chi connectivity index (χ3n) is 5.76. The Morgan fingerprint density at radius 3 is 1.11 bits per heavy atom. The first kappa shape index (κ1) is 26.8. The molecule has 0 radical (unpaired) electrons. The van der Waals surface area contributed by atoms with Crippen molar-refractivity contribution in [1.82, 2.24) is 9.80 Å². The van der Waals surface area contributed by atoms with Crippen molar-refractivity contribution in [3.63, 3.8) is 0 Å².